The summed E-state index contributed by atoms with van der Waals surface area (Å²) in [5.74, 6) is 0.437. The average Bonchev–Trinajstić information content (AvgIpc) is 3.75. The molecular formula is C53H60Cl2Zr. The van der Waals surface area contributed by atoms with Crippen LogP contribution >= 0.6 is 0 Å². The van der Waals surface area contributed by atoms with Gasteiger partial charge in [-0.05, 0) is 0 Å². The van der Waals surface area contributed by atoms with E-state index in [-0.39, 0.29) is 46.5 Å². The van der Waals surface area contributed by atoms with Crippen LogP contribution in [0.3, 0.4) is 0 Å². The van der Waals surface area contributed by atoms with E-state index < -0.39 is 21.3 Å². The number of halogens is 2. The first kappa shape index (κ1) is 42.8. The number of fused-ring (bicyclic) bond motifs is 5. The molecule has 0 nitrogen and oxygen atoms in total. The van der Waals surface area contributed by atoms with Crippen LogP contribution < -0.4 is 24.8 Å². The van der Waals surface area contributed by atoms with Crippen molar-refractivity contribution in [3.8, 4) is 11.1 Å². The van der Waals surface area contributed by atoms with Gasteiger partial charge in [0.2, 0.25) is 0 Å². The molecule has 4 aromatic rings. The van der Waals surface area contributed by atoms with E-state index in [2.05, 4.69) is 188 Å². The molecule has 1 unspecified atom stereocenters. The summed E-state index contributed by atoms with van der Waals surface area (Å²) in [7, 11) is 0. The summed E-state index contributed by atoms with van der Waals surface area (Å²) < 4.78 is 5.09. The smallest absolute Gasteiger partial charge is 1.00 e. The molecule has 0 aliphatic heterocycles. The first-order valence-electron chi connectivity index (χ1n) is 20.3. The normalized spacial score (nSPS) is 18.4. The van der Waals surface area contributed by atoms with Crippen LogP contribution in [0.2, 0.25) is 0 Å². The van der Waals surface area contributed by atoms with Crippen LogP contribution in [-0.4, -0.2) is 3.21 Å². The van der Waals surface area contributed by atoms with Gasteiger partial charge in [0.05, 0.1) is 0 Å². The minimum atomic E-state index is -2.95. The maximum Gasteiger partial charge on any atom is -1.00 e. The van der Waals surface area contributed by atoms with Crippen molar-refractivity contribution in [1.82, 2.24) is 0 Å². The summed E-state index contributed by atoms with van der Waals surface area (Å²) in [6.45, 7) is 33.7. The molecule has 4 aliphatic carbocycles. The van der Waals surface area contributed by atoms with Crippen molar-refractivity contribution in [1.29, 1.82) is 0 Å². The summed E-state index contributed by atoms with van der Waals surface area (Å²) in [6, 6.07) is 29.5. The Hall–Kier alpha value is -2.83. The zero-order valence-electron chi connectivity index (χ0n) is 36.2. The molecule has 0 saturated heterocycles. The van der Waals surface area contributed by atoms with Crippen molar-refractivity contribution in [2.24, 2.45) is 16.7 Å². The SMILES string of the molecule is CC1=CC(C)[C]([Zr+2]([C]2=C(C(C)(C)C)c3cc4c(cc3C2(C)C)Cc2cc3c(cc2-4)C(C(C)(C)C)=CC3(C)C)=[C](c2ccc(C)cc2)c2ccc(C)cc2)=C1.[Cl-].[Cl-]. The summed E-state index contributed by atoms with van der Waals surface area (Å²) >= 11 is -2.95. The monoisotopic (exact) mass is 856 g/mol. The standard InChI is InChI=1S/C31H37.C15H14.C7H9.2ClH.Zr/c1-28(2,3)26-16-30(7,8)24-12-18-11-19-13-25-23(15-21(19)20(18)14-22(24)26)27(29(4,5)6)17-31(25,9)10;1-12-3-7-14(8-4-12)11-15-9-5-13(2)6-10-15;1-6-3-4-7(2)5-6;;;/h12-16H,11H2,1-10H3;3-10H,1-2H3;3,5,7H,1-2H3;2*1H;/q;;;;;+2/p-2. The predicted octanol–water partition coefficient (Wildman–Crippen LogP) is 8.02. The maximum atomic E-state index is 2.66. The van der Waals surface area contributed by atoms with Crippen molar-refractivity contribution >= 4 is 14.4 Å². The first-order chi connectivity index (χ1) is 25.2. The van der Waals surface area contributed by atoms with E-state index in [1.807, 2.05) is 0 Å². The fourth-order valence-electron chi connectivity index (χ4n) is 10.2. The molecule has 0 spiro atoms. The van der Waals surface area contributed by atoms with Crippen molar-refractivity contribution in [2.45, 2.75) is 114 Å². The van der Waals surface area contributed by atoms with Crippen LogP contribution in [0.15, 0.2) is 103 Å². The number of hydrogen-bond acceptors (Lipinski definition) is 0. The molecule has 0 saturated carbocycles. The van der Waals surface area contributed by atoms with E-state index in [1.54, 1.807) is 20.9 Å². The van der Waals surface area contributed by atoms with E-state index in [1.165, 1.54) is 72.3 Å². The zero-order chi connectivity index (χ0) is 38.9. The van der Waals surface area contributed by atoms with Gasteiger partial charge < -0.3 is 24.8 Å². The number of rotatable bonds is 4. The van der Waals surface area contributed by atoms with Crippen LogP contribution in [0, 0.1) is 30.6 Å². The Morgan fingerprint density at radius 1 is 0.643 bits per heavy atom. The van der Waals surface area contributed by atoms with Crippen molar-refractivity contribution in [3.63, 3.8) is 0 Å². The molecule has 0 heterocycles. The summed E-state index contributed by atoms with van der Waals surface area (Å²) in [5.41, 5.74) is 21.9. The Labute approximate surface area is 358 Å². The van der Waals surface area contributed by atoms with Gasteiger partial charge in [0, 0.05) is 0 Å². The molecule has 0 aromatic heterocycles. The number of allylic oxidation sites excluding steroid dienone is 8. The van der Waals surface area contributed by atoms with Gasteiger partial charge in [0.25, 0.3) is 0 Å². The van der Waals surface area contributed by atoms with E-state index in [0.717, 1.165) is 6.42 Å². The number of aryl methyl sites for hydroxylation is 2. The largest absolute Gasteiger partial charge is 1.00 e. The quantitative estimate of drug-likeness (QED) is 0.172. The van der Waals surface area contributed by atoms with E-state index in [9.17, 15) is 0 Å². The van der Waals surface area contributed by atoms with E-state index in [0.29, 0.717) is 5.92 Å². The van der Waals surface area contributed by atoms with Gasteiger partial charge in [-0.1, -0.05) is 0 Å². The van der Waals surface area contributed by atoms with E-state index >= 15 is 0 Å². The van der Waals surface area contributed by atoms with Crippen LogP contribution in [0.25, 0.3) is 22.3 Å². The molecule has 0 amide bonds. The van der Waals surface area contributed by atoms with E-state index in [4.69, 9.17) is 0 Å². The fraction of sp³-hybridized carbons (Fsp3) is 0.377. The topological polar surface area (TPSA) is 0 Å². The van der Waals surface area contributed by atoms with Crippen LogP contribution in [0.4, 0.5) is 0 Å². The molecular weight excluding hydrogens is 799 g/mol. The van der Waals surface area contributed by atoms with Crippen LogP contribution in [-0.2, 0) is 38.5 Å². The Morgan fingerprint density at radius 2 is 1.14 bits per heavy atom. The molecule has 3 heteroatoms. The molecule has 8 rings (SSSR count). The van der Waals surface area contributed by atoms with Gasteiger partial charge in [0.15, 0.2) is 0 Å². The van der Waals surface area contributed by atoms with Gasteiger partial charge in [-0.25, -0.2) is 0 Å². The minimum absolute atomic E-state index is 0. The summed E-state index contributed by atoms with van der Waals surface area (Å²) in [5, 5.41) is 0. The average molecular weight is 859 g/mol. The van der Waals surface area contributed by atoms with Crippen molar-refractivity contribution in [3.05, 3.63) is 159 Å². The maximum absolute atomic E-state index is 2.95. The third kappa shape index (κ3) is 6.95. The molecule has 56 heavy (non-hydrogen) atoms. The molecule has 1 atom stereocenters. The second-order valence-electron chi connectivity index (χ2n) is 20.2. The second-order valence-corrected chi connectivity index (χ2v) is 25.9. The fourth-order valence-corrected chi connectivity index (χ4v) is 20.5. The molecule has 4 aromatic carbocycles. The van der Waals surface area contributed by atoms with Gasteiger partial charge in [-0.2, -0.15) is 0 Å². The van der Waals surface area contributed by atoms with Crippen molar-refractivity contribution in [2.75, 3.05) is 0 Å². The molecule has 0 N–H and O–H groups in total. The van der Waals surface area contributed by atoms with Gasteiger partial charge in [0.1, 0.15) is 0 Å². The summed E-state index contributed by atoms with van der Waals surface area (Å²) in [4.78, 5) is 0. The third-order valence-corrected chi connectivity index (χ3v) is 21.8. The minimum Gasteiger partial charge on any atom is -1.00 e. The van der Waals surface area contributed by atoms with Crippen LogP contribution in [0.5, 0.6) is 0 Å². The Bertz CT molecular complexity index is 2380. The third-order valence-electron chi connectivity index (χ3n) is 12.9. The molecule has 4 aliphatic rings. The van der Waals surface area contributed by atoms with Crippen LogP contribution in [0.1, 0.15) is 139 Å². The Balaban J connectivity index is 0.00000266. The second kappa shape index (κ2) is 14.5. The first-order valence-corrected chi connectivity index (χ1v) is 24.0. The summed E-state index contributed by atoms with van der Waals surface area (Å²) in [6.07, 6.45) is 8.69. The molecule has 0 fully saturated rings. The molecule has 0 bridgehead atoms. The number of hydrogen-bond donors (Lipinski definition) is 0. The molecule has 0 radical (unpaired) electrons. The number of benzene rings is 4. The van der Waals surface area contributed by atoms with Gasteiger partial charge >= 0.3 is 336 Å². The predicted molar refractivity (Wildman–Crippen MR) is 231 cm³/mol. The Morgan fingerprint density at radius 3 is 1.61 bits per heavy atom. The Kier molecular flexibility index (Phi) is 11.1. The van der Waals surface area contributed by atoms with Gasteiger partial charge in [-0.3, -0.25) is 0 Å². The van der Waals surface area contributed by atoms with Crippen molar-refractivity contribution < 1.29 is 46.1 Å². The van der Waals surface area contributed by atoms with Gasteiger partial charge in [-0.15, -0.1) is 0 Å². The molecule has 290 valence electrons. The zero-order valence-corrected chi connectivity index (χ0v) is 40.2.